The van der Waals surface area contributed by atoms with E-state index in [0.717, 1.165) is 18.0 Å². The van der Waals surface area contributed by atoms with Gasteiger partial charge in [-0.15, -0.1) is 0 Å². The van der Waals surface area contributed by atoms with E-state index in [2.05, 4.69) is 5.16 Å². The minimum atomic E-state index is 0.206. The molecule has 0 unspecified atom stereocenters. The molecule has 2 saturated heterocycles. The molecule has 3 aliphatic heterocycles. The van der Waals surface area contributed by atoms with Crippen molar-refractivity contribution in [3.8, 4) is 0 Å². The highest BCUT2D eigenvalue weighted by Crippen LogP contribution is 2.35. The lowest BCUT2D eigenvalue weighted by Gasteiger charge is -2.12. The zero-order chi connectivity index (χ0) is 8.13. The van der Waals surface area contributed by atoms with Gasteiger partial charge in [-0.3, -0.25) is 4.79 Å². The molecule has 3 heterocycles. The normalized spacial score (nSPS) is 37.8. The van der Waals surface area contributed by atoms with Crippen molar-refractivity contribution in [2.75, 3.05) is 18.9 Å². The molecule has 5 heteroatoms. The molecule has 4 nitrogen and oxygen atoms in total. The maximum atomic E-state index is 11.3. The summed E-state index contributed by atoms with van der Waals surface area (Å²) in [6.45, 7) is 1.48. The molecule has 0 aromatic rings. The van der Waals surface area contributed by atoms with Gasteiger partial charge in [-0.2, -0.15) is 0 Å². The van der Waals surface area contributed by atoms with Crippen LogP contribution in [0.3, 0.4) is 0 Å². The molecule has 3 aliphatic rings. The van der Waals surface area contributed by atoms with Gasteiger partial charge < -0.3 is 9.74 Å². The van der Waals surface area contributed by atoms with Crippen LogP contribution < -0.4 is 0 Å². The van der Waals surface area contributed by atoms with Gasteiger partial charge in [-0.25, -0.2) is 0 Å². The van der Waals surface area contributed by atoms with E-state index in [0.29, 0.717) is 12.5 Å². The summed E-state index contributed by atoms with van der Waals surface area (Å²) in [5.74, 6) is 1.25. The summed E-state index contributed by atoms with van der Waals surface area (Å²) in [5, 5.41) is 4.19. The van der Waals surface area contributed by atoms with Crippen LogP contribution in [0.2, 0.25) is 0 Å². The summed E-state index contributed by atoms with van der Waals surface area (Å²) < 4.78 is 0. The lowest BCUT2D eigenvalue weighted by Crippen LogP contribution is -2.30. The predicted octanol–water partition coefficient (Wildman–Crippen LogP) is 0.540. The summed E-state index contributed by atoms with van der Waals surface area (Å²) in [4.78, 5) is 18.2. The maximum Gasteiger partial charge on any atom is 0.282 e. The molecule has 0 aromatic carbocycles. The van der Waals surface area contributed by atoms with Gasteiger partial charge in [-0.05, 0) is 0 Å². The first-order valence-corrected chi connectivity index (χ1v) is 4.98. The van der Waals surface area contributed by atoms with Crippen molar-refractivity contribution in [3.63, 3.8) is 0 Å². The molecule has 12 heavy (non-hydrogen) atoms. The third-order valence-corrected chi connectivity index (χ3v) is 3.56. The Morgan fingerprint density at radius 2 is 2.58 bits per heavy atom. The van der Waals surface area contributed by atoms with E-state index in [9.17, 15) is 4.79 Å². The number of hydrogen-bond donors (Lipinski definition) is 0. The monoisotopic (exact) mass is 184 g/mol. The van der Waals surface area contributed by atoms with Crippen LogP contribution in [0.1, 0.15) is 0 Å². The average Bonchev–Trinajstić information content (AvgIpc) is 2.63. The van der Waals surface area contributed by atoms with Crippen molar-refractivity contribution in [3.05, 3.63) is 0 Å². The zero-order valence-corrected chi connectivity index (χ0v) is 7.21. The second kappa shape index (κ2) is 2.16. The van der Waals surface area contributed by atoms with Gasteiger partial charge in [0.2, 0.25) is 0 Å². The molecule has 0 radical (unpaired) electrons. The minimum Gasteiger partial charge on any atom is -0.395 e. The first kappa shape index (κ1) is 6.77. The molecule has 0 spiro atoms. The van der Waals surface area contributed by atoms with Gasteiger partial charge in [0.25, 0.3) is 5.24 Å². The fraction of sp³-hybridized carbons (Fsp3) is 0.714. The van der Waals surface area contributed by atoms with E-state index >= 15 is 0 Å². The number of carbonyl (C=O) groups excluding carboxylic acids is 1. The summed E-state index contributed by atoms with van der Waals surface area (Å²) >= 11 is 1.39. The van der Waals surface area contributed by atoms with Crippen molar-refractivity contribution < 1.29 is 9.63 Å². The highest BCUT2D eigenvalue weighted by atomic mass is 32.2. The number of thioether (sulfide) groups is 1. The summed E-state index contributed by atoms with van der Waals surface area (Å²) in [6, 6.07) is 0.245. The lowest BCUT2D eigenvalue weighted by atomic mass is 10.1. The maximum absolute atomic E-state index is 11.3. The molecule has 0 bridgehead atoms. The standard InChI is InChI=1S/C7H8N2O2S/c10-7-9-1-4-2-11-8-6(4)5(9)3-12-7/h4-5H,1-3H2/t4-,5-/m0/s1. The van der Waals surface area contributed by atoms with Crippen LogP contribution >= 0.6 is 11.8 Å². The smallest absolute Gasteiger partial charge is 0.282 e. The molecular weight excluding hydrogens is 176 g/mol. The van der Waals surface area contributed by atoms with Gasteiger partial charge in [0, 0.05) is 12.3 Å². The number of fused-ring (bicyclic) bond motifs is 3. The third-order valence-electron chi connectivity index (χ3n) is 2.60. The Balaban J connectivity index is 1.96. The lowest BCUT2D eigenvalue weighted by molar-refractivity contribution is 0.143. The van der Waals surface area contributed by atoms with E-state index in [1.54, 1.807) is 0 Å². The van der Waals surface area contributed by atoms with Crippen LogP contribution in [0.15, 0.2) is 5.16 Å². The summed E-state index contributed by atoms with van der Waals surface area (Å²) in [5.41, 5.74) is 1.09. The quantitative estimate of drug-likeness (QED) is 0.551. The minimum absolute atomic E-state index is 0.206. The first-order chi connectivity index (χ1) is 5.86. The van der Waals surface area contributed by atoms with Gasteiger partial charge in [-0.1, -0.05) is 16.9 Å². The van der Waals surface area contributed by atoms with Gasteiger partial charge >= 0.3 is 0 Å². The van der Waals surface area contributed by atoms with E-state index < -0.39 is 0 Å². The molecule has 0 saturated carbocycles. The molecule has 2 fully saturated rings. The molecule has 0 N–H and O–H groups in total. The second-order valence-corrected chi connectivity index (χ2v) is 4.23. The second-order valence-electron chi connectivity index (χ2n) is 3.25. The molecule has 0 aliphatic carbocycles. The van der Waals surface area contributed by atoms with Gasteiger partial charge in [0.15, 0.2) is 0 Å². The van der Waals surface area contributed by atoms with Crippen LogP contribution in [0.25, 0.3) is 0 Å². The topological polar surface area (TPSA) is 41.9 Å². The van der Waals surface area contributed by atoms with Gasteiger partial charge in [0.1, 0.15) is 6.61 Å². The fourth-order valence-electron chi connectivity index (χ4n) is 1.98. The first-order valence-electron chi connectivity index (χ1n) is 3.99. The van der Waals surface area contributed by atoms with E-state index in [-0.39, 0.29) is 11.3 Å². The van der Waals surface area contributed by atoms with Crippen molar-refractivity contribution >= 4 is 22.7 Å². The number of amides is 1. The number of rotatable bonds is 0. The molecule has 2 atom stereocenters. The molecule has 0 aromatic heterocycles. The number of hydrogen-bond acceptors (Lipinski definition) is 4. The van der Waals surface area contributed by atoms with Crippen molar-refractivity contribution in [1.29, 1.82) is 0 Å². The van der Waals surface area contributed by atoms with Gasteiger partial charge in [0.05, 0.1) is 17.7 Å². The van der Waals surface area contributed by atoms with Crippen LogP contribution in [0.5, 0.6) is 0 Å². The highest BCUT2D eigenvalue weighted by molar-refractivity contribution is 8.13. The van der Waals surface area contributed by atoms with Crippen LogP contribution in [0, 0.1) is 5.92 Å². The van der Waals surface area contributed by atoms with Crippen molar-refractivity contribution in [2.45, 2.75) is 6.04 Å². The zero-order valence-electron chi connectivity index (χ0n) is 6.40. The Morgan fingerprint density at radius 3 is 3.50 bits per heavy atom. The third kappa shape index (κ3) is 0.696. The highest BCUT2D eigenvalue weighted by Gasteiger charge is 2.47. The van der Waals surface area contributed by atoms with E-state index in [4.69, 9.17) is 4.84 Å². The Kier molecular flexibility index (Phi) is 1.22. The van der Waals surface area contributed by atoms with Crippen molar-refractivity contribution in [1.82, 2.24) is 4.90 Å². The number of oxime groups is 1. The molecule has 64 valence electrons. The van der Waals surface area contributed by atoms with Crippen molar-refractivity contribution in [2.24, 2.45) is 11.1 Å². The number of nitrogens with zero attached hydrogens (tertiary/aromatic N) is 2. The predicted molar refractivity (Wildman–Crippen MR) is 45.2 cm³/mol. The van der Waals surface area contributed by atoms with Crippen LogP contribution in [0.4, 0.5) is 4.79 Å². The fourth-order valence-corrected chi connectivity index (χ4v) is 2.99. The summed E-state index contributed by atoms with van der Waals surface area (Å²) in [7, 11) is 0. The molecule has 3 rings (SSSR count). The average molecular weight is 184 g/mol. The Morgan fingerprint density at radius 1 is 1.67 bits per heavy atom. The van der Waals surface area contributed by atoms with E-state index in [1.165, 1.54) is 11.8 Å². The molecular formula is C7H8N2O2S. The summed E-state index contributed by atoms with van der Waals surface area (Å²) in [6.07, 6.45) is 0. The SMILES string of the molecule is O=C1SC[C@H]2C3=NOC[C@@H]3CN12. The number of carbonyl (C=O) groups is 1. The molecule has 1 amide bonds. The largest absolute Gasteiger partial charge is 0.395 e. The Hall–Kier alpha value is -0.710. The van der Waals surface area contributed by atoms with Crippen LogP contribution in [-0.4, -0.2) is 40.8 Å². The van der Waals surface area contributed by atoms with E-state index in [1.807, 2.05) is 4.90 Å². The van der Waals surface area contributed by atoms with Crippen LogP contribution in [-0.2, 0) is 4.84 Å². The Labute approximate surface area is 73.9 Å². The Bertz CT molecular complexity index is 279.